The monoisotopic (exact) mass is 561 g/mol. The van der Waals surface area contributed by atoms with Crippen molar-refractivity contribution in [2.24, 2.45) is 5.10 Å². The van der Waals surface area contributed by atoms with E-state index in [1.165, 1.54) is 31.5 Å². The minimum Gasteiger partial charge on any atom is -0.496 e. The number of methoxy groups -OCH3 is 1. The molecular weight excluding hydrogens is 550 g/mol. The maximum atomic E-state index is 12.4. The van der Waals surface area contributed by atoms with Gasteiger partial charge >= 0.3 is 5.91 Å². The van der Waals surface area contributed by atoms with Crippen LogP contribution in [0.3, 0.4) is 0 Å². The van der Waals surface area contributed by atoms with E-state index >= 15 is 0 Å². The van der Waals surface area contributed by atoms with Crippen LogP contribution in [-0.4, -0.2) is 24.2 Å². The maximum absolute atomic E-state index is 12.4. The van der Waals surface area contributed by atoms with Crippen LogP contribution in [0.5, 0.6) is 5.75 Å². The number of rotatable bonds is 6. The molecular formula is C21H13Br2N3O6. The normalized spacial score (nSPS) is 11.2. The molecule has 4 aromatic rings. The third kappa shape index (κ3) is 4.43. The second-order valence-corrected chi connectivity index (χ2v) is 8.23. The summed E-state index contributed by atoms with van der Waals surface area (Å²) in [6.07, 6.45) is 1.33. The highest BCUT2D eigenvalue weighted by molar-refractivity contribution is 9.11. The molecule has 162 valence electrons. The lowest BCUT2D eigenvalue weighted by atomic mass is 10.1. The zero-order valence-corrected chi connectivity index (χ0v) is 19.5. The predicted molar refractivity (Wildman–Crippen MR) is 124 cm³/mol. The van der Waals surface area contributed by atoms with Gasteiger partial charge in [-0.3, -0.25) is 14.9 Å². The summed E-state index contributed by atoms with van der Waals surface area (Å²) in [6.45, 7) is 0. The number of benzene rings is 2. The number of ether oxygens (including phenoxy) is 1. The third-order valence-corrected chi connectivity index (χ3v) is 5.45. The Morgan fingerprint density at radius 1 is 1.16 bits per heavy atom. The van der Waals surface area contributed by atoms with Gasteiger partial charge in [-0.25, -0.2) is 5.43 Å². The van der Waals surface area contributed by atoms with E-state index in [-0.39, 0.29) is 11.4 Å². The van der Waals surface area contributed by atoms with Crippen LogP contribution in [0.4, 0.5) is 5.69 Å². The number of hydrogen-bond donors (Lipinski definition) is 1. The summed E-state index contributed by atoms with van der Waals surface area (Å²) in [4.78, 5) is 22.8. The minimum atomic E-state index is -0.524. The van der Waals surface area contributed by atoms with Gasteiger partial charge in [0.25, 0.3) is 5.69 Å². The summed E-state index contributed by atoms with van der Waals surface area (Å²) < 4.78 is 18.1. The summed E-state index contributed by atoms with van der Waals surface area (Å²) in [5.74, 6) is 0.665. The van der Waals surface area contributed by atoms with Gasteiger partial charge < -0.3 is 13.6 Å². The molecule has 0 saturated carbocycles. The first kappa shape index (κ1) is 21.8. The molecule has 4 rings (SSSR count). The lowest BCUT2D eigenvalue weighted by Crippen LogP contribution is -2.16. The topological polar surface area (TPSA) is 120 Å². The number of fused-ring (bicyclic) bond motifs is 1. The van der Waals surface area contributed by atoms with Crippen LogP contribution >= 0.6 is 31.9 Å². The van der Waals surface area contributed by atoms with E-state index in [0.717, 1.165) is 9.86 Å². The van der Waals surface area contributed by atoms with Crippen LogP contribution < -0.4 is 10.2 Å². The highest BCUT2D eigenvalue weighted by Gasteiger charge is 2.16. The number of carbonyl (C=O) groups excluding carboxylic acids is 1. The van der Waals surface area contributed by atoms with Gasteiger partial charge in [-0.2, -0.15) is 5.10 Å². The van der Waals surface area contributed by atoms with Crippen molar-refractivity contribution in [3.05, 3.63) is 79.1 Å². The molecule has 0 unspecified atom stereocenters. The smallest absolute Gasteiger partial charge is 0.307 e. The first-order valence-corrected chi connectivity index (χ1v) is 10.6. The Morgan fingerprint density at radius 3 is 2.72 bits per heavy atom. The summed E-state index contributed by atoms with van der Waals surface area (Å²) in [6, 6.07) is 12.8. The second-order valence-electron chi connectivity index (χ2n) is 6.46. The fraction of sp³-hybridized carbons (Fsp3) is 0.0476. The Balaban J connectivity index is 1.48. The number of nitrogens with zero attached hydrogens (tertiary/aromatic N) is 2. The average molecular weight is 563 g/mol. The molecule has 0 fully saturated rings. The van der Waals surface area contributed by atoms with E-state index in [1.54, 1.807) is 18.2 Å². The summed E-state index contributed by atoms with van der Waals surface area (Å²) >= 11 is 6.79. The molecule has 0 saturated heterocycles. The fourth-order valence-corrected chi connectivity index (χ4v) is 4.30. The van der Waals surface area contributed by atoms with Crippen molar-refractivity contribution in [3.8, 4) is 17.1 Å². The third-order valence-electron chi connectivity index (χ3n) is 4.41. The molecule has 9 nitrogen and oxygen atoms in total. The van der Waals surface area contributed by atoms with Gasteiger partial charge in [-0.15, -0.1) is 0 Å². The van der Waals surface area contributed by atoms with Crippen molar-refractivity contribution >= 4 is 60.6 Å². The zero-order valence-electron chi connectivity index (χ0n) is 16.3. The van der Waals surface area contributed by atoms with Crippen molar-refractivity contribution in [3.63, 3.8) is 0 Å². The van der Waals surface area contributed by atoms with Gasteiger partial charge in [0, 0.05) is 15.9 Å². The zero-order chi connectivity index (χ0) is 22.8. The minimum absolute atomic E-state index is 0.0911. The van der Waals surface area contributed by atoms with Crippen LogP contribution in [0.2, 0.25) is 0 Å². The van der Waals surface area contributed by atoms with Crippen LogP contribution in [0.25, 0.3) is 22.3 Å². The quantitative estimate of drug-likeness (QED) is 0.177. The Morgan fingerprint density at radius 2 is 1.97 bits per heavy atom. The molecule has 2 heterocycles. The molecule has 1 amide bonds. The van der Waals surface area contributed by atoms with E-state index in [2.05, 4.69) is 42.4 Å². The number of amides is 1. The highest BCUT2D eigenvalue weighted by Crippen LogP contribution is 2.34. The molecule has 11 heteroatoms. The number of carbonyl (C=O) groups is 1. The summed E-state index contributed by atoms with van der Waals surface area (Å²) in [7, 11) is 1.42. The molecule has 0 radical (unpaired) electrons. The standard InChI is InChI=1S/C21H13Br2N3O6/c1-30-18-9-13(26(28)29)2-4-15(18)17-5-3-14(31-17)10-24-25-21(27)19-7-11-6-12(22)8-16(23)20(11)32-19/h2-10H,1H3,(H,25,27)/b24-10-. The van der Waals surface area contributed by atoms with Crippen LogP contribution in [0, 0.1) is 10.1 Å². The molecule has 0 bridgehead atoms. The Labute approximate surface area is 197 Å². The SMILES string of the molecule is COc1cc([N+](=O)[O-])ccc1-c1ccc(/C=N\NC(=O)c2cc3cc(Br)cc(Br)c3o2)o1. The van der Waals surface area contributed by atoms with Crippen molar-refractivity contribution in [1.29, 1.82) is 0 Å². The van der Waals surface area contributed by atoms with E-state index in [0.29, 0.717) is 32.9 Å². The summed E-state index contributed by atoms with van der Waals surface area (Å²) in [5.41, 5.74) is 3.39. The number of nitro groups is 1. The van der Waals surface area contributed by atoms with Gasteiger partial charge in [0.2, 0.25) is 0 Å². The van der Waals surface area contributed by atoms with E-state index in [9.17, 15) is 14.9 Å². The number of nitrogens with one attached hydrogen (secondary N) is 1. The maximum Gasteiger partial charge on any atom is 0.307 e. The van der Waals surface area contributed by atoms with Crippen LogP contribution in [0.15, 0.2) is 71.4 Å². The second kappa shape index (κ2) is 8.97. The molecule has 0 aliphatic heterocycles. The number of non-ortho nitro benzene ring substituents is 1. The molecule has 0 aliphatic carbocycles. The van der Waals surface area contributed by atoms with E-state index < -0.39 is 10.8 Å². The van der Waals surface area contributed by atoms with Gasteiger partial charge in [-0.05, 0) is 52.3 Å². The predicted octanol–water partition coefficient (Wildman–Crippen LogP) is 5.90. The van der Waals surface area contributed by atoms with Gasteiger partial charge in [-0.1, -0.05) is 15.9 Å². The number of halogens is 2. The molecule has 0 atom stereocenters. The Bertz CT molecular complexity index is 1380. The Hall–Kier alpha value is -3.44. The first-order chi connectivity index (χ1) is 15.4. The fourth-order valence-electron chi connectivity index (χ4n) is 2.96. The molecule has 32 heavy (non-hydrogen) atoms. The van der Waals surface area contributed by atoms with Gasteiger partial charge in [0.15, 0.2) is 5.76 Å². The van der Waals surface area contributed by atoms with E-state index in [4.69, 9.17) is 13.6 Å². The number of hydrogen-bond acceptors (Lipinski definition) is 7. The molecule has 2 aromatic heterocycles. The number of nitro benzene ring substituents is 1. The van der Waals surface area contributed by atoms with Crippen molar-refractivity contribution in [1.82, 2.24) is 5.43 Å². The van der Waals surface area contributed by atoms with Crippen molar-refractivity contribution in [2.75, 3.05) is 7.11 Å². The van der Waals surface area contributed by atoms with Crippen LogP contribution in [0.1, 0.15) is 16.3 Å². The number of furan rings is 2. The van der Waals surface area contributed by atoms with Gasteiger partial charge in [0.1, 0.15) is 22.9 Å². The van der Waals surface area contributed by atoms with Crippen molar-refractivity contribution < 1.29 is 23.3 Å². The van der Waals surface area contributed by atoms with Crippen LogP contribution in [-0.2, 0) is 0 Å². The average Bonchev–Trinajstić information content (AvgIpc) is 3.40. The lowest BCUT2D eigenvalue weighted by molar-refractivity contribution is -0.384. The lowest BCUT2D eigenvalue weighted by Gasteiger charge is -2.05. The Kier molecular flexibility index (Phi) is 6.10. The molecule has 1 N–H and O–H groups in total. The number of hydrazone groups is 1. The molecule has 0 spiro atoms. The van der Waals surface area contributed by atoms with Gasteiger partial charge in [0.05, 0.1) is 34.4 Å². The summed E-state index contributed by atoms with van der Waals surface area (Å²) in [5, 5.41) is 15.6. The van der Waals surface area contributed by atoms with Crippen molar-refractivity contribution in [2.45, 2.75) is 0 Å². The largest absolute Gasteiger partial charge is 0.496 e. The van der Waals surface area contributed by atoms with E-state index in [1.807, 2.05) is 12.1 Å². The molecule has 0 aliphatic rings. The molecule has 2 aromatic carbocycles. The highest BCUT2D eigenvalue weighted by atomic mass is 79.9. The first-order valence-electron chi connectivity index (χ1n) is 9.00.